The minimum atomic E-state index is -0.833. The smallest absolute Gasteiger partial charge is 0.326 e. The quantitative estimate of drug-likeness (QED) is 0.807. The molecule has 2 rings (SSSR count). The third-order valence-corrected chi connectivity index (χ3v) is 4.81. The van der Waals surface area contributed by atoms with Gasteiger partial charge in [0.15, 0.2) is 0 Å². The highest BCUT2D eigenvalue weighted by atomic mass is 79.9. The van der Waals surface area contributed by atoms with Gasteiger partial charge in [0.1, 0.15) is 6.04 Å². The molecule has 1 saturated heterocycles. The lowest BCUT2D eigenvalue weighted by Gasteiger charge is -2.29. The second kappa shape index (κ2) is 5.38. The number of hydrogen-bond donors (Lipinski definition) is 1. The first-order valence-electron chi connectivity index (χ1n) is 6.21. The average molecular weight is 304 g/mol. The number of amides is 1. The molecule has 2 fully saturated rings. The van der Waals surface area contributed by atoms with E-state index in [1.54, 1.807) is 4.90 Å². The molecule has 1 aliphatic heterocycles. The van der Waals surface area contributed by atoms with E-state index in [2.05, 4.69) is 15.9 Å². The molecule has 1 saturated carbocycles. The maximum Gasteiger partial charge on any atom is 0.326 e. The van der Waals surface area contributed by atoms with Crippen molar-refractivity contribution >= 4 is 27.8 Å². The van der Waals surface area contributed by atoms with Crippen molar-refractivity contribution in [2.75, 3.05) is 11.9 Å². The van der Waals surface area contributed by atoms with E-state index in [9.17, 15) is 14.7 Å². The van der Waals surface area contributed by atoms with Gasteiger partial charge in [0.25, 0.3) is 0 Å². The third-order valence-electron chi connectivity index (χ3n) is 3.89. The molecule has 17 heavy (non-hydrogen) atoms. The van der Waals surface area contributed by atoms with Crippen molar-refractivity contribution in [2.24, 2.45) is 11.8 Å². The fourth-order valence-corrected chi connectivity index (χ4v) is 3.48. The number of rotatable bonds is 4. The van der Waals surface area contributed by atoms with E-state index < -0.39 is 12.0 Å². The predicted octanol–water partition coefficient (Wildman–Crippen LogP) is 1.87. The van der Waals surface area contributed by atoms with Gasteiger partial charge in [0.05, 0.1) is 0 Å². The van der Waals surface area contributed by atoms with Crippen molar-refractivity contribution in [3.63, 3.8) is 0 Å². The highest BCUT2D eigenvalue weighted by Gasteiger charge is 2.42. The minimum absolute atomic E-state index is 0.00810. The van der Waals surface area contributed by atoms with Gasteiger partial charge in [0.2, 0.25) is 5.91 Å². The van der Waals surface area contributed by atoms with Crippen LogP contribution >= 0.6 is 15.9 Å². The average Bonchev–Trinajstić information content (AvgIpc) is 2.89. The van der Waals surface area contributed by atoms with Crippen molar-refractivity contribution in [1.82, 2.24) is 4.90 Å². The van der Waals surface area contributed by atoms with Gasteiger partial charge < -0.3 is 10.0 Å². The molecule has 2 aliphatic rings. The normalized spacial score (nSPS) is 27.7. The van der Waals surface area contributed by atoms with Crippen LogP contribution in [-0.2, 0) is 9.59 Å². The van der Waals surface area contributed by atoms with E-state index in [1.165, 1.54) is 0 Å². The summed E-state index contributed by atoms with van der Waals surface area (Å²) in [5, 5.41) is 10.1. The number of carbonyl (C=O) groups excluding carboxylic acids is 1. The van der Waals surface area contributed by atoms with E-state index in [0.29, 0.717) is 13.0 Å². The summed E-state index contributed by atoms with van der Waals surface area (Å²) in [5.41, 5.74) is 0. The number of nitrogens with zero attached hydrogens (tertiary/aromatic N) is 1. The summed E-state index contributed by atoms with van der Waals surface area (Å²) in [7, 11) is 0. The Morgan fingerprint density at radius 1 is 1.47 bits per heavy atom. The molecule has 0 bridgehead atoms. The van der Waals surface area contributed by atoms with Crippen molar-refractivity contribution < 1.29 is 14.7 Å². The molecule has 96 valence electrons. The van der Waals surface area contributed by atoms with E-state index in [0.717, 1.165) is 31.0 Å². The number of aliphatic carboxylic acids is 1. The summed E-state index contributed by atoms with van der Waals surface area (Å²) in [6.45, 7) is 0.595. The second-order valence-corrected chi connectivity index (χ2v) is 5.75. The van der Waals surface area contributed by atoms with Crippen LogP contribution in [0.2, 0.25) is 0 Å². The van der Waals surface area contributed by atoms with Crippen molar-refractivity contribution in [3.8, 4) is 0 Å². The number of likely N-dealkylation sites (tertiary alicyclic amines) is 1. The Balaban J connectivity index is 2.10. The Kier molecular flexibility index (Phi) is 4.07. The summed E-state index contributed by atoms with van der Waals surface area (Å²) in [6, 6.07) is -0.589. The molecule has 1 heterocycles. The zero-order chi connectivity index (χ0) is 12.4. The molecule has 2 atom stereocenters. The Morgan fingerprint density at radius 2 is 2.12 bits per heavy atom. The van der Waals surface area contributed by atoms with Gasteiger partial charge in [-0.1, -0.05) is 28.8 Å². The summed E-state index contributed by atoms with van der Waals surface area (Å²) >= 11 is 3.37. The van der Waals surface area contributed by atoms with Crippen molar-refractivity contribution in [3.05, 3.63) is 0 Å². The Labute approximate surface area is 109 Å². The standard InChI is InChI=1S/C12H18BrNO3/c13-6-8-5-10(15)14(7-8)11(12(16)17)9-3-1-2-4-9/h8-9,11H,1-7H2,(H,16,17). The molecule has 0 aromatic carbocycles. The molecule has 0 radical (unpaired) electrons. The number of hydrogen-bond acceptors (Lipinski definition) is 2. The maximum atomic E-state index is 11.9. The van der Waals surface area contributed by atoms with Crippen molar-refractivity contribution in [1.29, 1.82) is 0 Å². The highest BCUT2D eigenvalue weighted by molar-refractivity contribution is 9.09. The molecule has 5 heteroatoms. The minimum Gasteiger partial charge on any atom is -0.480 e. The number of halogens is 1. The van der Waals surface area contributed by atoms with E-state index in [1.807, 2.05) is 0 Å². The Morgan fingerprint density at radius 3 is 2.59 bits per heavy atom. The summed E-state index contributed by atoms with van der Waals surface area (Å²) < 4.78 is 0. The van der Waals surface area contributed by atoms with E-state index in [4.69, 9.17) is 0 Å². The topological polar surface area (TPSA) is 57.6 Å². The molecule has 2 unspecified atom stereocenters. The summed E-state index contributed by atoms with van der Waals surface area (Å²) in [5.74, 6) is -0.398. The third kappa shape index (κ3) is 2.64. The van der Waals surface area contributed by atoms with Crippen LogP contribution in [0.3, 0.4) is 0 Å². The fraction of sp³-hybridized carbons (Fsp3) is 0.833. The largest absolute Gasteiger partial charge is 0.480 e. The molecule has 0 spiro atoms. The van der Waals surface area contributed by atoms with Gasteiger partial charge in [-0.05, 0) is 24.7 Å². The number of carbonyl (C=O) groups is 2. The van der Waals surface area contributed by atoms with Gasteiger partial charge in [-0.25, -0.2) is 4.79 Å². The Bertz CT molecular complexity index is 315. The fourth-order valence-electron chi connectivity index (χ4n) is 3.04. The van der Waals surface area contributed by atoms with Crippen LogP contribution in [0.15, 0.2) is 0 Å². The van der Waals surface area contributed by atoms with Gasteiger partial charge in [-0.3, -0.25) is 4.79 Å². The molecular formula is C12H18BrNO3. The molecule has 4 nitrogen and oxygen atoms in total. The molecule has 0 aromatic rings. The van der Waals surface area contributed by atoms with Gasteiger partial charge in [-0.2, -0.15) is 0 Å². The lowest BCUT2D eigenvalue weighted by molar-refractivity contribution is -0.150. The number of carboxylic acids is 1. The molecular weight excluding hydrogens is 286 g/mol. The lowest BCUT2D eigenvalue weighted by Crippen LogP contribution is -2.46. The zero-order valence-corrected chi connectivity index (χ0v) is 11.4. The molecule has 1 aliphatic carbocycles. The molecule has 1 N–H and O–H groups in total. The summed E-state index contributed by atoms with van der Waals surface area (Å²) in [4.78, 5) is 24.9. The lowest BCUT2D eigenvalue weighted by atomic mass is 9.97. The highest BCUT2D eigenvalue weighted by Crippen LogP contribution is 2.33. The first kappa shape index (κ1) is 12.9. The van der Waals surface area contributed by atoms with Gasteiger partial charge in [0, 0.05) is 18.3 Å². The van der Waals surface area contributed by atoms with Gasteiger partial charge in [-0.15, -0.1) is 0 Å². The number of alkyl halides is 1. The van der Waals surface area contributed by atoms with Crippen LogP contribution in [0, 0.1) is 11.8 Å². The monoisotopic (exact) mass is 303 g/mol. The van der Waals surface area contributed by atoms with Crippen molar-refractivity contribution in [2.45, 2.75) is 38.1 Å². The van der Waals surface area contributed by atoms with Crippen LogP contribution in [0.1, 0.15) is 32.1 Å². The maximum absolute atomic E-state index is 11.9. The second-order valence-electron chi connectivity index (χ2n) is 5.10. The molecule has 1 amide bonds. The zero-order valence-electron chi connectivity index (χ0n) is 9.77. The summed E-state index contributed by atoms with van der Waals surface area (Å²) in [6.07, 6.45) is 4.57. The SMILES string of the molecule is O=C(O)C(C1CCCC1)N1CC(CBr)CC1=O. The first-order chi connectivity index (χ1) is 8.13. The van der Waals surface area contributed by atoms with E-state index >= 15 is 0 Å². The van der Waals surface area contributed by atoms with Crippen LogP contribution in [0.4, 0.5) is 0 Å². The molecule has 0 aromatic heterocycles. The van der Waals surface area contributed by atoms with Gasteiger partial charge >= 0.3 is 5.97 Å². The van der Waals surface area contributed by atoms with Crippen LogP contribution in [0.5, 0.6) is 0 Å². The van der Waals surface area contributed by atoms with Crippen LogP contribution in [-0.4, -0.2) is 39.8 Å². The van der Waals surface area contributed by atoms with E-state index in [-0.39, 0.29) is 17.7 Å². The van der Waals surface area contributed by atoms with Crippen LogP contribution < -0.4 is 0 Å². The predicted molar refractivity (Wildman–Crippen MR) is 67.0 cm³/mol. The Hall–Kier alpha value is -0.580. The van der Waals surface area contributed by atoms with Crippen LogP contribution in [0.25, 0.3) is 0 Å². The first-order valence-corrected chi connectivity index (χ1v) is 7.34. The number of carboxylic acid groups (broad SMARTS) is 1.